The Morgan fingerprint density at radius 2 is 2.14 bits per heavy atom. The number of carbonyl (C=O) groups excluding carboxylic acids is 1. The molecule has 2 aromatic rings. The zero-order valence-corrected chi connectivity index (χ0v) is 13.8. The molecule has 2 aromatic heterocycles. The molecule has 3 heterocycles. The molecule has 0 aliphatic carbocycles. The molecule has 5 nitrogen and oxygen atoms in total. The highest BCUT2D eigenvalue weighted by Gasteiger charge is 2.32. The monoisotopic (exact) mass is 317 g/mol. The van der Waals surface area contributed by atoms with Gasteiger partial charge >= 0.3 is 0 Å². The number of rotatable bonds is 2. The smallest absolute Gasteiger partial charge is 0.254 e. The van der Waals surface area contributed by atoms with Crippen molar-refractivity contribution in [3.63, 3.8) is 0 Å². The van der Waals surface area contributed by atoms with E-state index >= 15 is 0 Å². The number of hydrogen-bond donors (Lipinski definition) is 0. The average Bonchev–Trinajstić information content (AvgIpc) is 3.11. The lowest BCUT2D eigenvalue weighted by atomic mass is 10.1. The van der Waals surface area contributed by atoms with Gasteiger partial charge in [0.25, 0.3) is 11.5 Å². The summed E-state index contributed by atoms with van der Waals surface area (Å²) < 4.78 is 1.54. The Labute approximate surface area is 133 Å². The predicted molar refractivity (Wildman–Crippen MR) is 86.3 cm³/mol. The normalized spacial score (nSPS) is 18.0. The van der Waals surface area contributed by atoms with E-state index in [2.05, 4.69) is 4.98 Å². The summed E-state index contributed by atoms with van der Waals surface area (Å²) in [5, 5.41) is 3.00. The number of pyridine rings is 1. The minimum atomic E-state index is -0.149. The summed E-state index contributed by atoms with van der Waals surface area (Å²) in [6.07, 6.45) is 1.90. The van der Waals surface area contributed by atoms with Crippen molar-refractivity contribution in [3.8, 4) is 0 Å². The lowest BCUT2D eigenvalue weighted by Gasteiger charge is -2.23. The van der Waals surface area contributed by atoms with Crippen LogP contribution < -0.4 is 5.56 Å². The van der Waals surface area contributed by atoms with E-state index in [1.165, 1.54) is 6.07 Å². The lowest BCUT2D eigenvalue weighted by molar-refractivity contribution is 0.0735. The zero-order chi connectivity index (χ0) is 15.9. The van der Waals surface area contributed by atoms with Crippen LogP contribution in [0.5, 0.6) is 0 Å². The maximum absolute atomic E-state index is 12.8. The van der Waals surface area contributed by atoms with Crippen molar-refractivity contribution in [3.05, 3.63) is 49.8 Å². The predicted octanol–water partition coefficient (Wildman–Crippen LogP) is 2.44. The molecule has 1 aliphatic heterocycles. The molecule has 22 heavy (non-hydrogen) atoms. The molecule has 3 rings (SSSR count). The maximum Gasteiger partial charge on any atom is 0.254 e. The van der Waals surface area contributed by atoms with Gasteiger partial charge in [-0.25, -0.2) is 4.98 Å². The molecular weight excluding hydrogens is 298 g/mol. The van der Waals surface area contributed by atoms with Gasteiger partial charge in [0.1, 0.15) is 5.01 Å². The van der Waals surface area contributed by atoms with Gasteiger partial charge in [-0.3, -0.25) is 9.59 Å². The molecule has 0 bridgehead atoms. The minimum absolute atomic E-state index is 0.0376. The van der Waals surface area contributed by atoms with E-state index in [4.69, 9.17) is 0 Å². The third-order valence-electron chi connectivity index (χ3n) is 4.19. The van der Waals surface area contributed by atoms with E-state index < -0.39 is 0 Å². The van der Waals surface area contributed by atoms with E-state index in [0.29, 0.717) is 5.56 Å². The van der Waals surface area contributed by atoms with Crippen LogP contribution in [-0.2, 0) is 7.05 Å². The summed E-state index contributed by atoms with van der Waals surface area (Å²) in [5.74, 6) is -0.0730. The van der Waals surface area contributed by atoms with Crippen molar-refractivity contribution in [1.29, 1.82) is 0 Å². The van der Waals surface area contributed by atoms with Crippen molar-refractivity contribution in [1.82, 2.24) is 14.5 Å². The fourth-order valence-corrected chi connectivity index (χ4v) is 3.79. The first kappa shape index (κ1) is 15.0. The van der Waals surface area contributed by atoms with Crippen LogP contribution in [0.4, 0.5) is 0 Å². The summed E-state index contributed by atoms with van der Waals surface area (Å²) in [6, 6.07) is 3.25. The molecule has 1 fully saturated rings. The Morgan fingerprint density at radius 3 is 2.77 bits per heavy atom. The molecule has 0 spiro atoms. The van der Waals surface area contributed by atoms with Gasteiger partial charge in [-0.05, 0) is 32.8 Å². The molecule has 1 amide bonds. The molecule has 0 unspecified atom stereocenters. The summed E-state index contributed by atoms with van der Waals surface area (Å²) in [7, 11) is 1.71. The van der Waals surface area contributed by atoms with Crippen molar-refractivity contribution in [2.45, 2.75) is 32.7 Å². The van der Waals surface area contributed by atoms with Gasteiger partial charge in [-0.1, -0.05) is 0 Å². The van der Waals surface area contributed by atoms with E-state index in [1.54, 1.807) is 29.0 Å². The fourth-order valence-electron chi connectivity index (χ4n) is 2.85. The zero-order valence-electron chi connectivity index (χ0n) is 13.0. The van der Waals surface area contributed by atoms with Gasteiger partial charge in [-0.15, -0.1) is 11.3 Å². The number of carbonyl (C=O) groups is 1. The molecular formula is C16H19N3O2S. The van der Waals surface area contributed by atoms with Crippen LogP contribution in [-0.4, -0.2) is 26.9 Å². The van der Waals surface area contributed by atoms with Crippen LogP contribution in [0.3, 0.4) is 0 Å². The number of hydrogen-bond acceptors (Lipinski definition) is 4. The molecule has 1 saturated heterocycles. The van der Waals surface area contributed by atoms with E-state index in [9.17, 15) is 9.59 Å². The van der Waals surface area contributed by atoms with E-state index in [-0.39, 0.29) is 17.5 Å². The van der Waals surface area contributed by atoms with Crippen LogP contribution >= 0.6 is 11.3 Å². The molecule has 1 atom stereocenters. The Kier molecular flexibility index (Phi) is 3.87. The highest BCUT2D eigenvalue weighted by molar-refractivity contribution is 7.09. The molecule has 0 aromatic carbocycles. The van der Waals surface area contributed by atoms with Crippen LogP contribution in [0.1, 0.15) is 45.6 Å². The first-order valence-corrected chi connectivity index (χ1v) is 8.26. The second-order valence-corrected chi connectivity index (χ2v) is 6.66. The summed E-state index contributed by atoms with van der Waals surface area (Å²) in [5.41, 5.74) is 2.10. The first-order valence-electron chi connectivity index (χ1n) is 7.38. The Balaban J connectivity index is 1.92. The molecule has 6 heteroatoms. The summed E-state index contributed by atoms with van der Waals surface area (Å²) >= 11 is 1.60. The van der Waals surface area contributed by atoms with Gasteiger partial charge in [-0.2, -0.15) is 0 Å². The number of aromatic nitrogens is 2. The number of aryl methyl sites for hydroxylation is 2. The molecule has 0 radical (unpaired) electrons. The van der Waals surface area contributed by atoms with E-state index in [1.807, 2.05) is 24.1 Å². The Bertz CT molecular complexity index is 778. The van der Waals surface area contributed by atoms with Crippen molar-refractivity contribution in [2.24, 2.45) is 7.05 Å². The summed E-state index contributed by atoms with van der Waals surface area (Å²) in [4.78, 5) is 31.1. The largest absolute Gasteiger partial charge is 0.329 e. The van der Waals surface area contributed by atoms with E-state index in [0.717, 1.165) is 35.8 Å². The van der Waals surface area contributed by atoms with Crippen LogP contribution in [0, 0.1) is 13.8 Å². The highest BCUT2D eigenvalue weighted by atomic mass is 32.1. The standard InChI is InChI=1S/C16H19N3O2S/c1-10-9-22-15(17-10)13-5-4-6-19(13)16(21)12-7-11(2)18(3)14(20)8-12/h7-9,13H,4-6H2,1-3H3/t13-/m1/s1. The van der Waals surface area contributed by atoms with Gasteiger partial charge < -0.3 is 9.47 Å². The van der Waals surface area contributed by atoms with Crippen LogP contribution in [0.25, 0.3) is 0 Å². The number of likely N-dealkylation sites (tertiary alicyclic amines) is 1. The second kappa shape index (κ2) is 5.68. The second-order valence-electron chi connectivity index (χ2n) is 5.77. The third kappa shape index (κ3) is 2.59. The maximum atomic E-state index is 12.8. The number of thiazole rings is 1. The van der Waals surface area contributed by atoms with Crippen LogP contribution in [0.15, 0.2) is 22.3 Å². The quantitative estimate of drug-likeness (QED) is 0.855. The van der Waals surface area contributed by atoms with Crippen molar-refractivity contribution >= 4 is 17.2 Å². The topological polar surface area (TPSA) is 55.2 Å². The van der Waals surface area contributed by atoms with Crippen molar-refractivity contribution in [2.75, 3.05) is 6.54 Å². The summed E-state index contributed by atoms with van der Waals surface area (Å²) in [6.45, 7) is 4.52. The van der Waals surface area contributed by atoms with Gasteiger partial charge in [0.2, 0.25) is 0 Å². The lowest BCUT2D eigenvalue weighted by Crippen LogP contribution is -2.32. The molecule has 0 N–H and O–H groups in total. The molecule has 116 valence electrons. The van der Waals surface area contributed by atoms with Gasteiger partial charge in [0.05, 0.1) is 6.04 Å². The van der Waals surface area contributed by atoms with Crippen molar-refractivity contribution < 1.29 is 4.79 Å². The average molecular weight is 317 g/mol. The van der Waals surface area contributed by atoms with Gasteiger partial charge in [0.15, 0.2) is 0 Å². The third-order valence-corrected chi connectivity index (χ3v) is 5.25. The van der Waals surface area contributed by atoms with Gasteiger partial charge in [0, 0.05) is 42.0 Å². The minimum Gasteiger partial charge on any atom is -0.329 e. The Hall–Kier alpha value is -1.95. The van der Waals surface area contributed by atoms with Crippen LogP contribution in [0.2, 0.25) is 0 Å². The first-order chi connectivity index (χ1) is 10.5. The highest BCUT2D eigenvalue weighted by Crippen LogP contribution is 2.34. The molecule has 1 aliphatic rings. The molecule has 0 saturated carbocycles. The Morgan fingerprint density at radius 1 is 1.36 bits per heavy atom. The fraction of sp³-hybridized carbons (Fsp3) is 0.438. The number of amides is 1. The SMILES string of the molecule is Cc1csc([C@H]2CCCN2C(=O)c2cc(C)n(C)c(=O)c2)n1. The number of nitrogens with zero attached hydrogens (tertiary/aromatic N) is 3.